The number of hydrogen-bond donors (Lipinski definition) is 0. The number of carbonyl (C=O) groups is 1. The number of nitrogens with zero attached hydrogens (tertiary/aromatic N) is 3. The Kier molecular flexibility index (Phi) is 3.11. The average Bonchev–Trinajstić information content (AvgIpc) is 3.04. The smallest absolute Gasteiger partial charge is 0.153 e. The van der Waals surface area contributed by atoms with Crippen LogP contribution in [0.15, 0.2) is 24.5 Å². The van der Waals surface area contributed by atoms with Crippen LogP contribution >= 0.6 is 0 Å². The normalized spacial score (nSPS) is 20.5. The Bertz CT molecular complexity index is 602. The summed E-state index contributed by atoms with van der Waals surface area (Å²) in [5.74, 6) is 0.488. The molecule has 1 saturated heterocycles. The van der Waals surface area contributed by atoms with Crippen LogP contribution in [0.3, 0.4) is 0 Å². The molecule has 1 fully saturated rings. The third kappa shape index (κ3) is 2.16. The van der Waals surface area contributed by atoms with Gasteiger partial charge in [0.2, 0.25) is 0 Å². The Morgan fingerprint density at radius 3 is 3.00 bits per heavy atom. The van der Waals surface area contributed by atoms with Gasteiger partial charge < -0.3 is 9.30 Å². The van der Waals surface area contributed by atoms with Crippen molar-refractivity contribution in [2.45, 2.75) is 32.2 Å². The molecule has 0 bridgehead atoms. The average molecular weight is 257 g/mol. The molecule has 1 aliphatic heterocycles. The van der Waals surface area contributed by atoms with Crippen LogP contribution in [-0.4, -0.2) is 39.7 Å². The first-order valence-electron chi connectivity index (χ1n) is 6.86. The van der Waals surface area contributed by atoms with E-state index >= 15 is 0 Å². The summed E-state index contributed by atoms with van der Waals surface area (Å²) in [7, 11) is 0. The van der Waals surface area contributed by atoms with E-state index < -0.39 is 0 Å². The highest BCUT2D eigenvalue weighted by Gasteiger charge is 2.27. The van der Waals surface area contributed by atoms with Crippen LogP contribution in [0, 0.1) is 0 Å². The summed E-state index contributed by atoms with van der Waals surface area (Å²) >= 11 is 0. The molecule has 2 aromatic heterocycles. The molecule has 0 aromatic carbocycles. The summed E-state index contributed by atoms with van der Waals surface area (Å²) in [5.41, 5.74) is 2.54. The predicted octanol–water partition coefficient (Wildman–Crippen LogP) is 2.34. The molecule has 100 valence electrons. The van der Waals surface area contributed by atoms with Gasteiger partial charge in [0.1, 0.15) is 5.65 Å². The molecule has 0 radical (unpaired) electrons. The van der Waals surface area contributed by atoms with Crippen LogP contribution in [0.4, 0.5) is 0 Å². The summed E-state index contributed by atoms with van der Waals surface area (Å²) in [6.45, 7) is 6.67. The monoisotopic (exact) mass is 257 g/mol. The highest BCUT2D eigenvalue weighted by Crippen LogP contribution is 2.28. The summed E-state index contributed by atoms with van der Waals surface area (Å²) in [6.07, 6.45) is 6.05. The van der Waals surface area contributed by atoms with Crippen molar-refractivity contribution in [3.63, 3.8) is 0 Å². The van der Waals surface area contributed by atoms with E-state index in [0.717, 1.165) is 37.1 Å². The zero-order valence-corrected chi connectivity index (χ0v) is 11.4. The van der Waals surface area contributed by atoms with Crippen LogP contribution < -0.4 is 0 Å². The van der Waals surface area contributed by atoms with E-state index in [9.17, 15) is 4.79 Å². The molecular formula is C15H19N3O. The highest BCUT2D eigenvalue weighted by molar-refractivity contribution is 5.84. The summed E-state index contributed by atoms with van der Waals surface area (Å²) < 4.78 is 1.96. The Balaban J connectivity index is 1.92. The Labute approximate surface area is 113 Å². The molecule has 1 aliphatic rings. The van der Waals surface area contributed by atoms with Gasteiger partial charge in [-0.25, -0.2) is 4.98 Å². The van der Waals surface area contributed by atoms with E-state index in [-0.39, 0.29) is 0 Å². The second kappa shape index (κ2) is 4.78. The Hall–Kier alpha value is -1.68. The van der Waals surface area contributed by atoms with Crippen LogP contribution in [0.1, 0.15) is 42.2 Å². The van der Waals surface area contributed by atoms with Crippen molar-refractivity contribution < 1.29 is 4.79 Å². The van der Waals surface area contributed by atoms with E-state index in [2.05, 4.69) is 29.9 Å². The number of carbonyl (C=O) groups excluding carboxylic acids is 1. The van der Waals surface area contributed by atoms with E-state index in [1.165, 1.54) is 0 Å². The van der Waals surface area contributed by atoms with Crippen LogP contribution in [-0.2, 0) is 0 Å². The molecule has 4 heteroatoms. The maximum atomic E-state index is 11.0. The number of fused-ring (bicyclic) bond motifs is 1. The number of rotatable bonds is 3. The topological polar surface area (TPSA) is 37.6 Å². The van der Waals surface area contributed by atoms with Crippen molar-refractivity contribution in [2.75, 3.05) is 13.1 Å². The van der Waals surface area contributed by atoms with E-state index in [1.54, 1.807) is 0 Å². The summed E-state index contributed by atoms with van der Waals surface area (Å²) in [4.78, 5) is 18.2. The lowest BCUT2D eigenvalue weighted by atomic mass is 10.1. The fraction of sp³-hybridized carbons (Fsp3) is 0.467. The molecule has 0 N–H and O–H groups in total. The second-order valence-corrected chi connectivity index (χ2v) is 5.55. The second-order valence-electron chi connectivity index (χ2n) is 5.55. The standard InChI is InChI=1S/C15H19N3O/c1-11(2)17-7-5-12(8-17)14-9-18-6-3-4-13(10-19)15(18)16-14/h3-4,6,9-12H,5,7-8H2,1-2H3. The minimum absolute atomic E-state index is 0.488. The largest absolute Gasteiger partial charge is 0.306 e. The predicted molar refractivity (Wildman–Crippen MR) is 74.6 cm³/mol. The van der Waals surface area contributed by atoms with Gasteiger partial charge >= 0.3 is 0 Å². The van der Waals surface area contributed by atoms with Crippen LogP contribution in [0.2, 0.25) is 0 Å². The van der Waals surface area contributed by atoms with Gasteiger partial charge in [-0.1, -0.05) is 0 Å². The number of pyridine rings is 1. The summed E-state index contributed by atoms with van der Waals surface area (Å²) in [5, 5.41) is 0. The van der Waals surface area contributed by atoms with Crippen molar-refractivity contribution in [1.82, 2.24) is 14.3 Å². The van der Waals surface area contributed by atoms with E-state index in [0.29, 0.717) is 17.5 Å². The van der Waals surface area contributed by atoms with Gasteiger partial charge in [-0.2, -0.15) is 0 Å². The van der Waals surface area contributed by atoms with E-state index in [4.69, 9.17) is 0 Å². The molecule has 4 nitrogen and oxygen atoms in total. The van der Waals surface area contributed by atoms with Crippen molar-refractivity contribution in [2.24, 2.45) is 0 Å². The van der Waals surface area contributed by atoms with Crippen molar-refractivity contribution in [3.8, 4) is 0 Å². The molecule has 0 amide bonds. The number of hydrogen-bond acceptors (Lipinski definition) is 3. The quantitative estimate of drug-likeness (QED) is 0.792. The minimum atomic E-state index is 0.488. The fourth-order valence-corrected chi connectivity index (χ4v) is 2.84. The molecule has 2 aromatic rings. The lowest BCUT2D eigenvalue weighted by Crippen LogP contribution is -2.27. The zero-order valence-electron chi connectivity index (χ0n) is 11.4. The minimum Gasteiger partial charge on any atom is -0.306 e. The molecule has 0 spiro atoms. The van der Waals surface area contributed by atoms with Crippen LogP contribution in [0.25, 0.3) is 5.65 Å². The molecule has 3 heterocycles. The summed E-state index contributed by atoms with van der Waals surface area (Å²) in [6, 6.07) is 4.29. The molecular weight excluding hydrogens is 238 g/mol. The van der Waals surface area contributed by atoms with Gasteiger partial charge in [0, 0.05) is 30.9 Å². The number of imidazole rings is 1. The van der Waals surface area contributed by atoms with Crippen molar-refractivity contribution >= 4 is 11.9 Å². The van der Waals surface area contributed by atoms with Crippen LogP contribution in [0.5, 0.6) is 0 Å². The third-order valence-corrected chi connectivity index (χ3v) is 4.03. The number of aldehydes is 1. The molecule has 19 heavy (non-hydrogen) atoms. The highest BCUT2D eigenvalue weighted by atomic mass is 16.1. The molecule has 0 saturated carbocycles. The van der Waals surface area contributed by atoms with Gasteiger partial charge in [-0.3, -0.25) is 4.79 Å². The van der Waals surface area contributed by atoms with Gasteiger partial charge in [-0.05, 0) is 38.9 Å². The van der Waals surface area contributed by atoms with Gasteiger partial charge in [0.25, 0.3) is 0 Å². The molecule has 1 unspecified atom stereocenters. The van der Waals surface area contributed by atoms with Gasteiger partial charge in [0.05, 0.1) is 11.3 Å². The molecule has 1 atom stereocenters. The Morgan fingerprint density at radius 1 is 1.47 bits per heavy atom. The third-order valence-electron chi connectivity index (χ3n) is 4.03. The molecule has 0 aliphatic carbocycles. The van der Waals surface area contributed by atoms with Crippen molar-refractivity contribution in [1.29, 1.82) is 0 Å². The number of likely N-dealkylation sites (tertiary alicyclic amines) is 1. The lowest BCUT2D eigenvalue weighted by molar-refractivity contribution is 0.112. The first kappa shape index (κ1) is 12.4. The number of aromatic nitrogens is 2. The lowest BCUT2D eigenvalue weighted by Gasteiger charge is -2.19. The van der Waals surface area contributed by atoms with Gasteiger partial charge in [0.15, 0.2) is 6.29 Å². The van der Waals surface area contributed by atoms with Crippen molar-refractivity contribution in [3.05, 3.63) is 35.8 Å². The SMILES string of the molecule is CC(C)N1CCC(c2cn3cccc(C=O)c3n2)C1. The fourth-order valence-electron chi connectivity index (χ4n) is 2.84. The molecule has 3 rings (SSSR count). The first-order valence-corrected chi connectivity index (χ1v) is 6.86. The van der Waals surface area contributed by atoms with Gasteiger partial charge in [-0.15, -0.1) is 0 Å². The zero-order chi connectivity index (χ0) is 13.4. The Morgan fingerprint density at radius 2 is 2.32 bits per heavy atom. The maximum Gasteiger partial charge on any atom is 0.153 e. The first-order chi connectivity index (χ1) is 9.19. The maximum absolute atomic E-state index is 11.0. The van der Waals surface area contributed by atoms with E-state index in [1.807, 2.05) is 22.7 Å².